The zero-order chi connectivity index (χ0) is 20.8. The summed E-state index contributed by atoms with van der Waals surface area (Å²) in [6.45, 7) is 3.73. The Morgan fingerprint density at radius 2 is 1.97 bits per heavy atom. The van der Waals surface area contributed by atoms with Gasteiger partial charge in [-0.2, -0.15) is 0 Å². The van der Waals surface area contributed by atoms with Crippen LogP contribution in [0.3, 0.4) is 0 Å². The van der Waals surface area contributed by atoms with Crippen molar-refractivity contribution in [2.75, 3.05) is 40.0 Å². The largest absolute Gasteiger partial charge is 0.497 e. The van der Waals surface area contributed by atoms with E-state index in [0.29, 0.717) is 19.4 Å². The minimum absolute atomic E-state index is 0.0565. The summed E-state index contributed by atoms with van der Waals surface area (Å²) in [4.78, 5) is 19.5. The molecule has 4 rings (SSSR count). The number of amides is 1. The first-order valence-corrected chi connectivity index (χ1v) is 11.1. The predicted molar refractivity (Wildman–Crippen MR) is 119 cm³/mol. The molecule has 158 valence electrons. The second-order valence-corrected chi connectivity index (χ2v) is 8.43. The number of benzene rings is 2. The van der Waals surface area contributed by atoms with Crippen molar-refractivity contribution in [1.82, 2.24) is 15.2 Å². The lowest BCUT2D eigenvalue weighted by Gasteiger charge is -2.35. The first kappa shape index (κ1) is 20.8. The summed E-state index contributed by atoms with van der Waals surface area (Å²) in [5, 5.41) is 4.14. The van der Waals surface area contributed by atoms with Gasteiger partial charge in [-0.15, -0.1) is 11.3 Å². The summed E-state index contributed by atoms with van der Waals surface area (Å²) < 4.78 is 12.0. The zero-order valence-corrected chi connectivity index (χ0v) is 18.0. The maximum Gasteiger partial charge on any atom is 0.220 e. The molecule has 1 aromatic heterocycles. The molecule has 1 fully saturated rings. The second-order valence-electron chi connectivity index (χ2n) is 7.32. The number of aryl methyl sites for hydroxylation is 1. The molecule has 1 N–H and O–H groups in total. The maximum atomic E-state index is 12.6. The monoisotopic (exact) mass is 425 g/mol. The number of thiazole rings is 1. The number of hydrogen-bond donors (Lipinski definition) is 1. The van der Waals surface area contributed by atoms with Gasteiger partial charge in [0.2, 0.25) is 5.91 Å². The lowest BCUT2D eigenvalue weighted by molar-refractivity contribution is -0.121. The topological polar surface area (TPSA) is 63.7 Å². The van der Waals surface area contributed by atoms with Gasteiger partial charge in [-0.05, 0) is 29.8 Å². The highest BCUT2D eigenvalue weighted by atomic mass is 32.1. The Hall–Kier alpha value is -2.48. The Morgan fingerprint density at radius 3 is 2.70 bits per heavy atom. The van der Waals surface area contributed by atoms with Crippen molar-refractivity contribution >= 4 is 27.5 Å². The van der Waals surface area contributed by atoms with Crippen molar-refractivity contribution in [2.24, 2.45) is 0 Å². The zero-order valence-electron chi connectivity index (χ0n) is 17.2. The predicted octanol–water partition coefficient (Wildman–Crippen LogP) is 3.43. The van der Waals surface area contributed by atoms with Gasteiger partial charge < -0.3 is 14.8 Å². The van der Waals surface area contributed by atoms with Crippen LogP contribution in [0.4, 0.5) is 0 Å². The lowest BCUT2D eigenvalue weighted by atomic mass is 10.0. The fraction of sp³-hybridized carbons (Fsp3) is 0.391. The Kier molecular flexibility index (Phi) is 6.94. The summed E-state index contributed by atoms with van der Waals surface area (Å²) in [5.74, 6) is 0.889. The molecule has 1 aliphatic rings. The van der Waals surface area contributed by atoms with Crippen molar-refractivity contribution in [3.63, 3.8) is 0 Å². The summed E-state index contributed by atoms with van der Waals surface area (Å²) in [6, 6.07) is 16.3. The molecule has 1 amide bonds. The highest BCUT2D eigenvalue weighted by Crippen LogP contribution is 2.24. The molecule has 0 spiro atoms. The van der Waals surface area contributed by atoms with Gasteiger partial charge >= 0.3 is 0 Å². The molecule has 0 aliphatic carbocycles. The van der Waals surface area contributed by atoms with Gasteiger partial charge in [-0.3, -0.25) is 9.69 Å². The molecule has 0 radical (unpaired) electrons. The number of methoxy groups -OCH3 is 1. The molecule has 7 heteroatoms. The van der Waals surface area contributed by atoms with Crippen molar-refractivity contribution < 1.29 is 14.3 Å². The summed E-state index contributed by atoms with van der Waals surface area (Å²) in [5.41, 5.74) is 2.17. The second kappa shape index (κ2) is 10.0. The molecular formula is C23H27N3O3S. The quantitative estimate of drug-likeness (QED) is 0.599. The van der Waals surface area contributed by atoms with E-state index in [1.807, 2.05) is 30.3 Å². The van der Waals surface area contributed by atoms with Gasteiger partial charge in [0.1, 0.15) is 5.75 Å². The minimum Gasteiger partial charge on any atom is -0.497 e. The molecule has 6 nitrogen and oxygen atoms in total. The summed E-state index contributed by atoms with van der Waals surface area (Å²) in [6.07, 6.45) is 1.11. The third kappa shape index (κ3) is 5.16. The SMILES string of the molecule is COc1ccc([C@@H](CNC(=O)CCc2nc3ccccc3s2)N2CCOCC2)cc1. The number of ether oxygens (including phenoxy) is 2. The Morgan fingerprint density at radius 1 is 1.20 bits per heavy atom. The number of carbonyl (C=O) groups excluding carboxylic acids is 1. The Balaban J connectivity index is 1.36. The van der Waals surface area contributed by atoms with E-state index in [0.717, 1.165) is 42.6 Å². The minimum atomic E-state index is 0.0565. The normalized spacial score (nSPS) is 15.8. The number of hydrogen-bond acceptors (Lipinski definition) is 6. The van der Waals surface area contributed by atoms with Crippen LogP contribution in [-0.2, 0) is 16.0 Å². The van der Waals surface area contributed by atoms with E-state index in [-0.39, 0.29) is 11.9 Å². The average molecular weight is 426 g/mol. The number of nitrogens with zero attached hydrogens (tertiary/aromatic N) is 2. The molecule has 0 unspecified atom stereocenters. The van der Waals surface area contributed by atoms with Crippen molar-refractivity contribution in [2.45, 2.75) is 18.9 Å². The number of rotatable bonds is 8. The van der Waals surface area contributed by atoms with Crippen LogP contribution in [0.15, 0.2) is 48.5 Å². The average Bonchev–Trinajstić information content (AvgIpc) is 3.22. The molecule has 2 aromatic carbocycles. The highest BCUT2D eigenvalue weighted by molar-refractivity contribution is 7.18. The fourth-order valence-corrected chi connectivity index (χ4v) is 4.69. The number of para-hydroxylation sites is 1. The molecule has 0 saturated carbocycles. The molecule has 1 atom stereocenters. The van der Waals surface area contributed by atoms with Gasteiger partial charge in [-0.1, -0.05) is 24.3 Å². The van der Waals surface area contributed by atoms with E-state index in [2.05, 4.69) is 33.4 Å². The first-order valence-electron chi connectivity index (χ1n) is 10.3. The van der Waals surface area contributed by atoms with E-state index in [1.165, 1.54) is 10.3 Å². The van der Waals surface area contributed by atoms with Crippen LogP contribution in [0.1, 0.15) is 23.0 Å². The Labute approximate surface area is 180 Å². The first-order chi connectivity index (χ1) is 14.7. The van der Waals surface area contributed by atoms with Gasteiger partial charge in [0.05, 0.1) is 41.6 Å². The summed E-state index contributed by atoms with van der Waals surface area (Å²) in [7, 11) is 1.67. The van der Waals surface area contributed by atoms with Crippen LogP contribution in [0, 0.1) is 0 Å². The van der Waals surface area contributed by atoms with E-state index in [9.17, 15) is 4.79 Å². The number of aromatic nitrogens is 1. The van der Waals surface area contributed by atoms with E-state index >= 15 is 0 Å². The van der Waals surface area contributed by atoms with Crippen molar-refractivity contribution in [3.05, 3.63) is 59.1 Å². The van der Waals surface area contributed by atoms with Gasteiger partial charge in [-0.25, -0.2) is 4.98 Å². The smallest absolute Gasteiger partial charge is 0.220 e. The highest BCUT2D eigenvalue weighted by Gasteiger charge is 2.23. The van der Waals surface area contributed by atoms with Gasteiger partial charge in [0, 0.05) is 32.5 Å². The fourth-order valence-electron chi connectivity index (χ4n) is 3.72. The number of carbonyl (C=O) groups is 1. The maximum absolute atomic E-state index is 12.6. The number of morpholine rings is 1. The molecule has 1 saturated heterocycles. The van der Waals surface area contributed by atoms with Gasteiger partial charge in [0.15, 0.2) is 0 Å². The Bertz CT molecular complexity index is 934. The van der Waals surface area contributed by atoms with Crippen molar-refractivity contribution in [3.8, 4) is 5.75 Å². The molecule has 0 bridgehead atoms. The van der Waals surface area contributed by atoms with Crippen LogP contribution in [-0.4, -0.2) is 55.7 Å². The molecular weight excluding hydrogens is 398 g/mol. The van der Waals surface area contributed by atoms with Crippen LogP contribution in [0.5, 0.6) is 5.75 Å². The van der Waals surface area contributed by atoms with Crippen LogP contribution < -0.4 is 10.1 Å². The van der Waals surface area contributed by atoms with Crippen LogP contribution in [0.2, 0.25) is 0 Å². The number of fused-ring (bicyclic) bond motifs is 1. The lowest BCUT2D eigenvalue weighted by Crippen LogP contribution is -2.43. The van der Waals surface area contributed by atoms with Crippen molar-refractivity contribution in [1.29, 1.82) is 0 Å². The van der Waals surface area contributed by atoms with E-state index in [4.69, 9.17) is 9.47 Å². The van der Waals surface area contributed by atoms with E-state index in [1.54, 1.807) is 18.4 Å². The molecule has 3 aromatic rings. The summed E-state index contributed by atoms with van der Waals surface area (Å²) >= 11 is 1.66. The standard InChI is InChI=1S/C23H27N3O3S/c1-28-18-8-6-17(7-9-18)20(26-12-14-29-15-13-26)16-24-22(27)10-11-23-25-19-4-2-3-5-21(19)30-23/h2-9,20H,10-16H2,1H3,(H,24,27)/t20-/m1/s1. The third-order valence-electron chi connectivity index (χ3n) is 5.38. The third-order valence-corrected chi connectivity index (χ3v) is 6.48. The van der Waals surface area contributed by atoms with Gasteiger partial charge in [0.25, 0.3) is 0 Å². The molecule has 2 heterocycles. The molecule has 30 heavy (non-hydrogen) atoms. The number of nitrogens with one attached hydrogen (secondary N) is 1. The van der Waals surface area contributed by atoms with E-state index < -0.39 is 0 Å². The van der Waals surface area contributed by atoms with Crippen LogP contribution >= 0.6 is 11.3 Å². The molecule has 1 aliphatic heterocycles. The van der Waals surface area contributed by atoms with Crippen LogP contribution in [0.25, 0.3) is 10.2 Å².